The monoisotopic (exact) mass is 305 g/mol. The van der Waals surface area contributed by atoms with E-state index in [9.17, 15) is 4.79 Å². The van der Waals surface area contributed by atoms with Crippen LogP contribution in [0.25, 0.3) is 21.9 Å². The van der Waals surface area contributed by atoms with E-state index in [1.54, 1.807) is 0 Å². The summed E-state index contributed by atoms with van der Waals surface area (Å²) in [5.74, 6) is 0.395. The van der Waals surface area contributed by atoms with Crippen molar-refractivity contribution in [3.05, 3.63) is 40.3 Å². The quantitative estimate of drug-likeness (QED) is 0.725. The summed E-state index contributed by atoms with van der Waals surface area (Å²) in [5.41, 5.74) is 1.34. The van der Waals surface area contributed by atoms with Crippen molar-refractivity contribution in [2.75, 3.05) is 13.1 Å². The number of H-pyrrole nitrogens is 1. The molecule has 0 radical (unpaired) electrons. The van der Waals surface area contributed by atoms with E-state index in [2.05, 4.69) is 15.5 Å². The fraction of sp³-hybridized carbons (Fsp3) is 0.333. The predicted molar refractivity (Wildman–Crippen MR) is 84.2 cm³/mol. The number of piperidine rings is 1. The van der Waals surface area contributed by atoms with Crippen molar-refractivity contribution < 1.29 is 4.52 Å². The zero-order chi connectivity index (χ0) is 13.5. The molecule has 2 N–H and O–H groups in total. The van der Waals surface area contributed by atoms with Gasteiger partial charge >= 0.3 is 0 Å². The van der Waals surface area contributed by atoms with Gasteiger partial charge in [0.2, 0.25) is 5.71 Å². The maximum atomic E-state index is 12.0. The van der Waals surface area contributed by atoms with Crippen LogP contribution < -0.4 is 10.9 Å². The zero-order valence-electron chi connectivity index (χ0n) is 11.4. The Balaban J connectivity index is 0.00000132. The zero-order valence-corrected chi connectivity index (χ0v) is 12.2. The largest absolute Gasteiger partial charge is 0.337 e. The van der Waals surface area contributed by atoms with Crippen LogP contribution in [-0.2, 0) is 0 Å². The van der Waals surface area contributed by atoms with Crippen LogP contribution in [0.15, 0.2) is 33.6 Å². The third kappa shape index (κ3) is 2.22. The molecule has 1 saturated heterocycles. The van der Waals surface area contributed by atoms with Gasteiger partial charge in [-0.05, 0) is 32.0 Å². The Kier molecular flexibility index (Phi) is 3.69. The van der Waals surface area contributed by atoms with Gasteiger partial charge in [-0.3, -0.25) is 9.78 Å². The molecule has 0 bridgehead atoms. The summed E-state index contributed by atoms with van der Waals surface area (Å²) in [6.07, 6.45) is 2.10. The number of nitrogens with one attached hydrogen (secondary N) is 2. The number of halogens is 1. The van der Waals surface area contributed by atoms with E-state index < -0.39 is 0 Å². The highest BCUT2D eigenvalue weighted by atomic mass is 35.5. The van der Waals surface area contributed by atoms with Gasteiger partial charge in [0.15, 0.2) is 0 Å². The average molecular weight is 306 g/mol. The molecule has 110 valence electrons. The van der Waals surface area contributed by atoms with Crippen molar-refractivity contribution in [2.45, 2.75) is 18.8 Å². The van der Waals surface area contributed by atoms with Crippen LogP contribution in [0.4, 0.5) is 0 Å². The van der Waals surface area contributed by atoms with Crippen molar-refractivity contribution in [3.63, 3.8) is 0 Å². The van der Waals surface area contributed by atoms with Gasteiger partial charge in [0, 0.05) is 16.7 Å². The molecule has 6 heteroatoms. The topological polar surface area (TPSA) is 70.9 Å². The number of aromatic amines is 1. The van der Waals surface area contributed by atoms with Crippen LogP contribution in [0.2, 0.25) is 0 Å². The lowest BCUT2D eigenvalue weighted by Gasteiger charge is -2.20. The smallest absolute Gasteiger partial charge is 0.258 e. The summed E-state index contributed by atoms with van der Waals surface area (Å²) in [6, 6.07) is 7.63. The molecule has 1 aliphatic heterocycles. The van der Waals surface area contributed by atoms with Gasteiger partial charge in [-0.1, -0.05) is 23.4 Å². The molecule has 1 aromatic carbocycles. The Bertz CT molecular complexity index is 834. The summed E-state index contributed by atoms with van der Waals surface area (Å²) in [4.78, 5) is 14.8. The first kappa shape index (κ1) is 14.1. The van der Waals surface area contributed by atoms with Crippen LogP contribution in [-0.4, -0.2) is 23.2 Å². The number of pyridine rings is 1. The maximum absolute atomic E-state index is 12.0. The predicted octanol–water partition coefficient (Wildman–Crippen LogP) is 2.56. The number of aromatic nitrogens is 2. The van der Waals surface area contributed by atoms with E-state index >= 15 is 0 Å². The van der Waals surface area contributed by atoms with Crippen LogP contribution in [0.3, 0.4) is 0 Å². The van der Waals surface area contributed by atoms with E-state index in [1.807, 2.05) is 24.3 Å². The van der Waals surface area contributed by atoms with Gasteiger partial charge in [0.25, 0.3) is 5.56 Å². The third-order valence-electron chi connectivity index (χ3n) is 4.11. The van der Waals surface area contributed by atoms with Gasteiger partial charge in [-0.25, -0.2) is 0 Å². The molecule has 0 spiro atoms. The second-order valence-corrected chi connectivity index (χ2v) is 5.30. The Labute approximate surface area is 127 Å². The van der Waals surface area contributed by atoms with Gasteiger partial charge in [0.1, 0.15) is 0 Å². The molecule has 21 heavy (non-hydrogen) atoms. The molecular weight excluding hydrogens is 290 g/mol. The van der Waals surface area contributed by atoms with Crippen LogP contribution in [0, 0.1) is 0 Å². The molecule has 0 unspecified atom stereocenters. The number of benzene rings is 1. The summed E-state index contributed by atoms with van der Waals surface area (Å²) >= 11 is 0. The normalized spacial score (nSPS) is 16.2. The Hall–Kier alpha value is -1.85. The lowest BCUT2D eigenvalue weighted by atomic mass is 9.92. The number of hydrogen-bond acceptors (Lipinski definition) is 4. The van der Waals surface area contributed by atoms with Crippen molar-refractivity contribution >= 4 is 34.3 Å². The van der Waals surface area contributed by atoms with Crippen LogP contribution in [0.1, 0.15) is 24.5 Å². The highest BCUT2D eigenvalue weighted by Crippen LogP contribution is 2.33. The van der Waals surface area contributed by atoms with Gasteiger partial charge < -0.3 is 9.84 Å². The first-order valence-corrected chi connectivity index (χ1v) is 6.95. The average Bonchev–Trinajstić information content (AvgIpc) is 2.92. The number of fused-ring (bicyclic) bond motifs is 3. The third-order valence-corrected chi connectivity index (χ3v) is 4.11. The van der Waals surface area contributed by atoms with E-state index in [4.69, 9.17) is 4.52 Å². The Morgan fingerprint density at radius 3 is 2.62 bits per heavy atom. The fourth-order valence-corrected chi connectivity index (χ4v) is 3.09. The van der Waals surface area contributed by atoms with E-state index in [-0.39, 0.29) is 18.0 Å². The van der Waals surface area contributed by atoms with Crippen LogP contribution in [0.5, 0.6) is 0 Å². The van der Waals surface area contributed by atoms with Crippen molar-refractivity contribution in [2.24, 2.45) is 0 Å². The van der Waals surface area contributed by atoms with E-state index in [1.165, 1.54) is 0 Å². The Morgan fingerprint density at radius 1 is 1.14 bits per heavy atom. The summed E-state index contributed by atoms with van der Waals surface area (Å²) in [5, 5.41) is 10.2. The number of rotatable bonds is 1. The maximum Gasteiger partial charge on any atom is 0.258 e. The summed E-state index contributed by atoms with van der Waals surface area (Å²) in [7, 11) is 0. The second kappa shape index (κ2) is 5.50. The number of hydrogen-bond donors (Lipinski definition) is 2. The molecule has 3 heterocycles. The minimum Gasteiger partial charge on any atom is -0.337 e. The lowest BCUT2D eigenvalue weighted by molar-refractivity contribution is 0.400. The SMILES string of the molecule is Cl.O=c1[nH]c2onc(C3CCNCC3)c2c2ccccc12. The summed E-state index contributed by atoms with van der Waals surface area (Å²) < 4.78 is 5.37. The molecule has 2 aromatic heterocycles. The van der Waals surface area contributed by atoms with Crippen molar-refractivity contribution in [1.29, 1.82) is 0 Å². The van der Waals surface area contributed by atoms with E-state index in [0.717, 1.165) is 42.4 Å². The molecule has 5 nitrogen and oxygen atoms in total. The van der Waals surface area contributed by atoms with Crippen LogP contribution >= 0.6 is 12.4 Å². The molecule has 0 aliphatic carbocycles. The molecule has 1 fully saturated rings. The minimum atomic E-state index is -0.124. The molecule has 0 saturated carbocycles. The van der Waals surface area contributed by atoms with Crippen molar-refractivity contribution in [3.8, 4) is 0 Å². The molecule has 0 amide bonds. The lowest BCUT2D eigenvalue weighted by Crippen LogP contribution is -2.26. The fourth-order valence-electron chi connectivity index (χ4n) is 3.09. The first-order valence-electron chi connectivity index (χ1n) is 6.95. The minimum absolute atomic E-state index is 0. The molecular formula is C15H16ClN3O2. The summed E-state index contributed by atoms with van der Waals surface area (Å²) in [6.45, 7) is 2.00. The Morgan fingerprint density at radius 2 is 1.86 bits per heavy atom. The first-order chi connectivity index (χ1) is 9.84. The van der Waals surface area contributed by atoms with Gasteiger partial charge in [-0.2, -0.15) is 0 Å². The van der Waals surface area contributed by atoms with Crippen molar-refractivity contribution in [1.82, 2.24) is 15.5 Å². The standard InChI is InChI=1S/C15H15N3O2.ClH/c19-14-11-4-2-1-3-10(11)12-13(18-20-15(12)17-14)9-5-7-16-8-6-9;/h1-4,9,16H,5-8H2,(H,17,19);1H. The van der Waals surface area contributed by atoms with Gasteiger partial charge in [-0.15, -0.1) is 12.4 Å². The highest BCUT2D eigenvalue weighted by Gasteiger charge is 2.23. The highest BCUT2D eigenvalue weighted by molar-refractivity contribution is 6.05. The molecule has 3 aromatic rings. The second-order valence-electron chi connectivity index (χ2n) is 5.30. The van der Waals surface area contributed by atoms with E-state index in [0.29, 0.717) is 17.0 Å². The molecule has 1 aliphatic rings. The molecule has 0 atom stereocenters. The van der Waals surface area contributed by atoms with Gasteiger partial charge in [0.05, 0.1) is 11.1 Å². The number of nitrogens with zero attached hydrogens (tertiary/aromatic N) is 1. The molecule has 4 rings (SSSR count).